The number of thiocarbonyl (C=S) groups is 1. The maximum atomic E-state index is 13.5. The number of nitrogens with zero attached hydrogens (tertiary/aromatic N) is 1. The highest BCUT2D eigenvalue weighted by Gasteiger charge is 2.34. The first-order valence-electron chi connectivity index (χ1n) is 12.1. The summed E-state index contributed by atoms with van der Waals surface area (Å²) in [7, 11) is 1.58. The Morgan fingerprint density at radius 3 is 2.13 bits per heavy atom. The molecule has 4 aromatic carbocycles. The van der Waals surface area contributed by atoms with Crippen LogP contribution >= 0.6 is 12.2 Å². The Hall–Kier alpha value is -4.95. The predicted octanol–water partition coefficient (Wildman–Crippen LogP) is 5.90. The Morgan fingerprint density at radius 2 is 1.46 bits per heavy atom. The van der Waals surface area contributed by atoms with E-state index in [9.17, 15) is 9.59 Å². The Bertz CT molecular complexity index is 1540. The molecule has 0 saturated carbocycles. The molecule has 0 spiro atoms. The van der Waals surface area contributed by atoms with Crippen molar-refractivity contribution in [2.45, 2.75) is 6.61 Å². The zero-order chi connectivity index (χ0) is 27.2. The van der Waals surface area contributed by atoms with Crippen LogP contribution in [-0.2, 0) is 16.2 Å². The first kappa shape index (κ1) is 25.7. The van der Waals surface area contributed by atoms with Gasteiger partial charge in [0.2, 0.25) is 0 Å². The number of ether oxygens (including phenoxy) is 3. The molecular formula is C31H24N2O5S. The van der Waals surface area contributed by atoms with Gasteiger partial charge in [0, 0.05) is 5.56 Å². The number of para-hydroxylation sites is 2. The highest BCUT2D eigenvalue weighted by molar-refractivity contribution is 7.80. The van der Waals surface area contributed by atoms with Crippen molar-refractivity contribution in [1.29, 1.82) is 0 Å². The monoisotopic (exact) mass is 536 g/mol. The molecule has 0 radical (unpaired) electrons. The highest BCUT2D eigenvalue weighted by Crippen LogP contribution is 2.28. The molecule has 1 N–H and O–H groups in total. The normalized spacial score (nSPS) is 14.2. The van der Waals surface area contributed by atoms with Crippen LogP contribution in [0.2, 0.25) is 0 Å². The first-order valence-corrected chi connectivity index (χ1v) is 12.5. The highest BCUT2D eigenvalue weighted by atomic mass is 32.1. The lowest BCUT2D eigenvalue weighted by Gasteiger charge is -2.29. The van der Waals surface area contributed by atoms with Gasteiger partial charge in [-0.05, 0) is 84.5 Å². The fourth-order valence-electron chi connectivity index (χ4n) is 4.03. The summed E-state index contributed by atoms with van der Waals surface area (Å²) in [6.45, 7) is 0.248. The molecule has 1 aliphatic heterocycles. The summed E-state index contributed by atoms with van der Waals surface area (Å²) in [6.07, 6.45) is 1.53. The van der Waals surface area contributed by atoms with E-state index in [0.29, 0.717) is 28.5 Å². The summed E-state index contributed by atoms with van der Waals surface area (Å²) in [5, 5.41) is 2.62. The van der Waals surface area contributed by atoms with Crippen LogP contribution in [0.4, 0.5) is 5.69 Å². The Morgan fingerprint density at radius 1 is 0.821 bits per heavy atom. The zero-order valence-electron chi connectivity index (χ0n) is 21.0. The van der Waals surface area contributed by atoms with Gasteiger partial charge in [0.15, 0.2) is 5.11 Å². The van der Waals surface area contributed by atoms with Crippen LogP contribution in [0.15, 0.2) is 109 Å². The number of amides is 2. The SMILES string of the molecule is COc1ccc(C=C2C(=O)NC(=S)N(c3ccc(Oc4ccccc4)cc3)C2=O)cc1COc1ccccc1. The number of rotatable bonds is 8. The van der Waals surface area contributed by atoms with E-state index in [1.54, 1.807) is 43.5 Å². The summed E-state index contributed by atoms with van der Waals surface area (Å²) in [5.74, 6) is 1.55. The van der Waals surface area contributed by atoms with Gasteiger partial charge in [-0.3, -0.25) is 19.8 Å². The van der Waals surface area contributed by atoms with Crippen molar-refractivity contribution >= 4 is 40.9 Å². The fraction of sp³-hybridized carbons (Fsp3) is 0.0645. The molecule has 194 valence electrons. The molecular weight excluding hydrogens is 512 g/mol. The van der Waals surface area contributed by atoms with Gasteiger partial charge in [0.1, 0.15) is 35.2 Å². The molecule has 7 nitrogen and oxygen atoms in total. The molecule has 1 aliphatic rings. The molecule has 0 aliphatic carbocycles. The fourth-order valence-corrected chi connectivity index (χ4v) is 4.31. The second-order valence-corrected chi connectivity index (χ2v) is 8.93. The number of carbonyl (C=O) groups is 2. The molecule has 0 aromatic heterocycles. The van der Waals surface area contributed by atoms with E-state index in [4.69, 9.17) is 26.4 Å². The van der Waals surface area contributed by atoms with Crippen LogP contribution in [0.5, 0.6) is 23.0 Å². The summed E-state index contributed by atoms with van der Waals surface area (Å²) in [6, 6.07) is 31.0. The van der Waals surface area contributed by atoms with Crippen LogP contribution in [0, 0.1) is 0 Å². The zero-order valence-corrected chi connectivity index (χ0v) is 21.8. The molecule has 5 rings (SSSR count). The maximum absolute atomic E-state index is 13.5. The number of hydrogen-bond donors (Lipinski definition) is 1. The Labute approximate surface area is 231 Å². The number of benzene rings is 4. The molecule has 8 heteroatoms. The molecule has 0 unspecified atom stereocenters. The van der Waals surface area contributed by atoms with E-state index in [2.05, 4.69) is 5.32 Å². The van der Waals surface area contributed by atoms with Crippen LogP contribution < -0.4 is 24.4 Å². The van der Waals surface area contributed by atoms with Crippen LogP contribution in [0.3, 0.4) is 0 Å². The molecule has 39 heavy (non-hydrogen) atoms. The van der Waals surface area contributed by atoms with E-state index in [-0.39, 0.29) is 17.3 Å². The quantitative estimate of drug-likeness (QED) is 0.172. The third-order valence-electron chi connectivity index (χ3n) is 5.93. The molecule has 0 atom stereocenters. The number of methoxy groups -OCH3 is 1. The van der Waals surface area contributed by atoms with Crippen molar-refractivity contribution in [3.05, 3.63) is 120 Å². The second-order valence-electron chi connectivity index (χ2n) is 8.54. The van der Waals surface area contributed by atoms with Gasteiger partial charge in [0.05, 0.1) is 12.8 Å². The van der Waals surface area contributed by atoms with E-state index in [1.807, 2.05) is 66.7 Å². The van der Waals surface area contributed by atoms with E-state index < -0.39 is 11.8 Å². The van der Waals surface area contributed by atoms with Gasteiger partial charge in [-0.25, -0.2) is 0 Å². The molecule has 1 saturated heterocycles. The summed E-state index contributed by atoms with van der Waals surface area (Å²) in [5.41, 5.74) is 1.86. The van der Waals surface area contributed by atoms with Gasteiger partial charge >= 0.3 is 0 Å². The minimum atomic E-state index is -0.566. The summed E-state index contributed by atoms with van der Waals surface area (Å²) in [4.78, 5) is 27.6. The maximum Gasteiger partial charge on any atom is 0.270 e. The minimum absolute atomic E-state index is 0.00515. The van der Waals surface area contributed by atoms with Gasteiger partial charge in [-0.15, -0.1) is 0 Å². The topological polar surface area (TPSA) is 77.1 Å². The number of hydrogen-bond acceptors (Lipinski definition) is 6. The lowest BCUT2D eigenvalue weighted by atomic mass is 10.0. The number of anilines is 1. The van der Waals surface area contributed by atoms with E-state index in [0.717, 1.165) is 11.3 Å². The van der Waals surface area contributed by atoms with Crippen molar-refractivity contribution in [2.75, 3.05) is 12.0 Å². The Balaban J connectivity index is 1.38. The van der Waals surface area contributed by atoms with Crippen LogP contribution in [-0.4, -0.2) is 24.0 Å². The minimum Gasteiger partial charge on any atom is -0.496 e. The van der Waals surface area contributed by atoms with Crippen molar-refractivity contribution in [2.24, 2.45) is 0 Å². The molecule has 1 fully saturated rings. The van der Waals surface area contributed by atoms with Gasteiger partial charge < -0.3 is 14.2 Å². The Kier molecular flexibility index (Phi) is 7.65. The summed E-state index contributed by atoms with van der Waals surface area (Å²) < 4.78 is 17.2. The van der Waals surface area contributed by atoms with Gasteiger partial charge in [-0.2, -0.15) is 0 Å². The number of carbonyl (C=O) groups excluding carboxylic acids is 2. The number of nitrogens with one attached hydrogen (secondary N) is 1. The van der Waals surface area contributed by atoms with E-state index in [1.165, 1.54) is 11.0 Å². The average Bonchev–Trinajstić information content (AvgIpc) is 2.96. The first-order chi connectivity index (χ1) is 19.0. The average molecular weight is 537 g/mol. The van der Waals surface area contributed by atoms with Crippen molar-refractivity contribution in [3.8, 4) is 23.0 Å². The van der Waals surface area contributed by atoms with Gasteiger partial charge in [0.25, 0.3) is 11.8 Å². The predicted molar refractivity (Wildman–Crippen MR) is 153 cm³/mol. The van der Waals surface area contributed by atoms with Crippen LogP contribution in [0.1, 0.15) is 11.1 Å². The van der Waals surface area contributed by atoms with Crippen LogP contribution in [0.25, 0.3) is 6.08 Å². The lowest BCUT2D eigenvalue weighted by molar-refractivity contribution is -0.122. The molecule has 1 heterocycles. The third kappa shape index (κ3) is 5.97. The molecule has 2 amide bonds. The third-order valence-corrected chi connectivity index (χ3v) is 6.21. The van der Waals surface area contributed by atoms with Gasteiger partial charge in [-0.1, -0.05) is 42.5 Å². The largest absolute Gasteiger partial charge is 0.496 e. The summed E-state index contributed by atoms with van der Waals surface area (Å²) >= 11 is 5.33. The van der Waals surface area contributed by atoms with Crippen molar-refractivity contribution in [1.82, 2.24) is 5.32 Å². The van der Waals surface area contributed by atoms with E-state index >= 15 is 0 Å². The lowest BCUT2D eigenvalue weighted by Crippen LogP contribution is -2.54. The molecule has 0 bridgehead atoms. The van der Waals surface area contributed by atoms with Crippen molar-refractivity contribution in [3.63, 3.8) is 0 Å². The second kappa shape index (κ2) is 11.6. The standard InChI is InChI=1S/C31H24N2O5S/c1-36-28-17-12-21(18-22(28)20-37-24-8-4-2-5-9-24)19-27-29(34)32-31(39)33(30(27)35)23-13-15-26(16-14-23)38-25-10-6-3-7-11-25/h2-19H,20H2,1H3,(H,32,34,39). The molecule has 4 aromatic rings. The smallest absolute Gasteiger partial charge is 0.270 e. The van der Waals surface area contributed by atoms with Crippen molar-refractivity contribution < 1.29 is 23.8 Å².